The first-order chi connectivity index (χ1) is 9.49. The van der Waals surface area contributed by atoms with Gasteiger partial charge < -0.3 is 0 Å². The standard InChI is InChI=1S/C16H14BrFOS/c1-10-7-11(2)16(13(18)8-10)14(19)9-20-15-6-4-3-5-12(15)17/h3-8H,9H2,1-2H3. The molecule has 0 saturated heterocycles. The minimum absolute atomic E-state index is 0.180. The smallest absolute Gasteiger partial charge is 0.176 e. The van der Waals surface area contributed by atoms with Gasteiger partial charge in [-0.2, -0.15) is 0 Å². The normalized spacial score (nSPS) is 10.6. The number of carbonyl (C=O) groups excluding carboxylic acids is 1. The molecular formula is C16H14BrFOS. The second-order valence-electron chi connectivity index (χ2n) is 4.58. The van der Waals surface area contributed by atoms with E-state index in [1.165, 1.54) is 17.8 Å². The Balaban J connectivity index is 2.16. The van der Waals surface area contributed by atoms with E-state index in [0.29, 0.717) is 5.56 Å². The molecule has 0 aromatic heterocycles. The lowest BCUT2D eigenvalue weighted by Crippen LogP contribution is -2.08. The summed E-state index contributed by atoms with van der Waals surface area (Å²) in [7, 11) is 0. The number of hydrogen-bond acceptors (Lipinski definition) is 2. The maximum atomic E-state index is 13.9. The summed E-state index contributed by atoms with van der Waals surface area (Å²) >= 11 is 4.84. The molecule has 1 nitrogen and oxygen atoms in total. The van der Waals surface area contributed by atoms with Crippen LogP contribution in [0.5, 0.6) is 0 Å². The average molecular weight is 353 g/mol. The van der Waals surface area contributed by atoms with Crippen LogP contribution in [-0.2, 0) is 0 Å². The third-order valence-electron chi connectivity index (χ3n) is 2.91. The summed E-state index contributed by atoms with van der Waals surface area (Å²) in [6, 6.07) is 10.9. The molecular weight excluding hydrogens is 339 g/mol. The molecule has 0 aliphatic carbocycles. The van der Waals surface area contributed by atoms with E-state index in [1.54, 1.807) is 6.92 Å². The van der Waals surface area contributed by atoms with Gasteiger partial charge in [0.15, 0.2) is 5.78 Å². The van der Waals surface area contributed by atoms with Crippen molar-refractivity contribution in [3.05, 3.63) is 63.4 Å². The van der Waals surface area contributed by atoms with Gasteiger partial charge in [-0.1, -0.05) is 18.2 Å². The molecule has 104 valence electrons. The van der Waals surface area contributed by atoms with Gasteiger partial charge in [-0.3, -0.25) is 4.79 Å². The zero-order chi connectivity index (χ0) is 14.7. The Hall–Kier alpha value is -1.13. The maximum Gasteiger partial charge on any atom is 0.176 e. The van der Waals surface area contributed by atoms with Crippen LogP contribution >= 0.6 is 27.7 Å². The molecule has 0 aliphatic rings. The van der Waals surface area contributed by atoms with Crippen LogP contribution in [0.2, 0.25) is 0 Å². The summed E-state index contributed by atoms with van der Waals surface area (Å²) in [6.07, 6.45) is 0. The summed E-state index contributed by atoms with van der Waals surface area (Å²) in [5, 5.41) is 0. The summed E-state index contributed by atoms with van der Waals surface area (Å²) in [5.74, 6) is -0.385. The Kier molecular flexibility index (Phi) is 5.00. The SMILES string of the molecule is Cc1cc(C)c(C(=O)CSc2ccccc2Br)c(F)c1. The molecule has 4 heteroatoms. The predicted molar refractivity (Wildman–Crippen MR) is 85.1 cm³/mol. The first-order valence-corrected chi connectivity index (χ1v) is 7.94. The van der Waals surface area contributed by atoms with Crippen molar-refractivity contribution in [3.63, 3.8) is 0 Å². The van der Waals surface area contributed by atoms with Crippen molar-refractivity contribution < 1.29 is 9.18 Å². The minimum Gasteiger partial charge on any atom is -0.293 e. The molecule has 0 heterocycles. The highest BCUT2D eigenvalue weighted by Crippen LogP contribution is 2.28. The van der Waals surface area contributed by atoms with E-state index in [9.17, 15) is 9.18 Å². The van der Waals surface area contributed by atoms with E-state index in [1.807, 2.05) is 37.3 Å². The van der Waals surface area contributed by atoms with Gasteiger partial charge in [0.25, 0.3) is 0 Å². The number of hydrogen-bond donors (Lipinski definition) is 0. The van der Waals surface area contributed by atoms with Crippen molar-refractivity contribution in [3.8, 4) is 0 Å². The summed E-state index contributed by atoms with van der Waals surface area (Å²) < 4.78 is 14.9. The average Bonchev–Trinajstić information content (AvgIpc) is 2.36. The summed E-state index contributed by atoms with van der Waals surface area (Å²) in [5.41, 5.74) is 1.73. The van der Waals surface area contributed by atoms with Crippen LogP contribution in [0.15, 0.2) is 45.8 Å². The molecule has 0 saturated carbocycles. The third-order valence-corrected chi connectivity index (χ3v) is 4.93. The summed E-state index contributed by atoms with van der Waals surface area (Å²) in [6.45, 7) is 3.59. The van der Waals surface area contributed by atoms with Gasteiger partial charge in [0.2, 0.25) is 0 Å². The number of carbonyl (C=O) groups is 1. The molecule has 0 radical (unpaired) electrons. The number of rotatable bonds is 4. The van der Waals surface area contributed by atoms with Crippen molar-refractivity contribution in [1.29, 1.82) is 0 Å². The minimum atomic E-state index is -0.430. The third kappa shape index (κ3) is 3.49. The van der Waals surface area contributed by atoms with E-state index in [2.05, 4.69) is 15.9 Å². The second kappa shape index (κ2) is 6.55. The first-order valence-electron chi connectivity index (χ1n) is 6.16. The number of halogens is 2. The quantitative estimate of drug-likeness (QED) is 0.557. The molecule has 2 rings (SSSR count). The lowest BCUT2D eigenvalue weighted by Gasteiger charge is -2.08. The Bertz CT molecular complexity index is 632. The lowest BCUT2D eigenvalue weighted by molar-refractivity contribution is 0.101. The van der Waals surface area contributed by atoms with Gasteiger partial charge in [0.05, 0.1) is 11.3 Å². The van der Waals surface area contributed by atoms with Crippen LogP contribution in [0.1, 0.15) is 21.5 Å². The van der Waals surface area contributed by atoms with E-state index in [-0.39, 0.29) is 17.1 Å². The van der Waals surface area contributed by atoms with Gasteiger partial charge in [0.1, 0.15) is 5.82 Å². The van der Waals surface area contributed by atoms with Crippen LogP contribution < -0.4 is 0 Å². The highest BCUT2D eigenvalue weighted by Gasteiger charge is 2.16. The molecule has 0 fully saturated rings. The number of aryl methyl sites for hydroxylation is 2. The molecule has 0 aliphatic heterocycles. The van der Waals surface area contributed by atoms with Crippen LogP contribution in [0.25, 0.3) is 0 Å². The molecule has 2 aromatic carbocycles. The molecule has 0 atom stereocenters. The fraction of sp³-hybridized carbons (Fsp3) is 0.188. The largest absolute Gasteiger partial charge is 0.293 e. The second-order valence-corrected chi connectivity index (χ2v) is 6.45. The Morgan fingerprint density at radius 3 is 2.60 bits per heavy atom. The van der Waals surface area contributed by atoms with Crippen LogP contribution in [0.3, 0.4) is 0 Å². The van der Waals surface area contributed by atoms with Gasteiger partial charge in [-0.15, -0.1) is 11.8 Å². The maximum absolute atomic E-state index is 13.9. The monoisotopic (exact) mass is 352 g/mol. The van der Waals surface area contributed by atoms with E-state index in [4.69, 9.17) is 0 Å². The first kappa shape index (κ1) is 15.3. The molecule has 0 amide bonds. The number of benzene rings is 2. The highest BCUT2D eigenvalue weighted by atomic mass is 79.9. The molecule has 0 N–H and O–H groups in total. The van der Waals surface area contributed by atoms with Crippen molar-refractivity contribution in [2.24, 2.45) is 0 Å². The zero-order valence-corrected chi connectivity index (χ0v) is 13.6. The highest BCUT2D eigenvalue weighted by molar-refractivity contribution is 9.10. The van der Waals surface area contributed by atoms with Crippen molar-refractivity contribution in [2.75, 3.05) is 5.75 Å². The Labute approximate surface area is 130 Å². The molecule has 0 spiro atoms. The number of Topliss-reactive ketones (excluding diaryl/α,β-unsaturated/α-hetero) is 1. The Morgan fingerprint density at radius 2 is 1.95 bits per heavy atom. The molecule has 2 aromatic rings. The fourth-order valence-electron chi connectivity index (χ4n) is 2.05. The number of thioether (sulfide) groups is 1. The molecule has 20 heavy (non-hydrogen) atoms. The van der Waals surface area contributed by atoms with E-state index in [0.717, 1.165) is 14.9 Å². The van der Waals surface area contributed by atoms with Crippen molar-refractivity contribution in [1.82, 2.24) is 0 Å². The van der Waals surface area contributed by atoms with Crippen LogP contribution in [0.4, 0.5) is 4.39 Å². The van der Waals surface area contributed by atoms with Crippen LogP contribution in [0, 0.1) is 19.7 Å². The topological polar surface area (TPSA) is 17.1 Å². The predicted octanol–water partition coefficient (Wildman–Crippen LogP) is 5.18. The van der Waals surface area contributed by atoms with Gasteiger partial charge in [-0.25, -0.2) is 4.39 Å². The van der Waals surface area contributed by atoms with Gasteiger partial charge in [0, 0.05) is 9.37 Å². The van der Waals surface area contributed by atoms with Crippen molar-refractivity contribution in [2.45, 2.75) is 18.7 Å². The van der Waals surface area contributed by atoms with E-state index >= 15 is 0 Å². The zero-order valence-electron chi connectivity index (χ0n) is 11.2. The molecule has 0 unspecified atom stereocenters. The van der Waals surface area contributed by atoms with Crippen molar-refractivity contribution >= 4 is 33.5 Å². The number of ketones is 1. The molecule has 0 bridgehead atoms. The summed E-state index contributed by atoms with van der Waals surface area (Å²) in [4.78, 5) is 13.2. The lowest BCUT2D eigenvalue weighted by atomic mass is 10.0. The Morgan fingerprint density at radius 1 is 1.25 bits per heavy atom. The van der Waals surface area contributed by atoms with Crippen LogP contribution in [-0.4, -0.2) is 11.5 Å². The fourth-order valence-corrected chi connectivity index (χ4v) is 3.49. The van der Waals surface area contributed by atoms with Gasteiger partial charge >= 0.3 is 0 Å². The van der Waals surface area contributed by atoms with Gasteiger partial charge in [-0.05, 0) is 59.1 Å². The van der Waals surface area contributed by atoms with E-state index < -0.39 is 5.82 Å².